The average molecular weight is 635 g/mol. The largest absolute Gasteiger partial charge is 0.467 e. The Balaban J connectivity index is 1.99. The van der Waals surface area contributed by atoms with Crippen molar-refractivity contribution in [3.8, 4) is 0 Å². The molecule has 7 N–H and O–H groups in total. The van der Waals surface area contributed by atoms with Gasteiger partial charge in [0.15, 0.2) is 6.04 Å². The molecule has 16 heteroatoms. The van der Waals surface area contributed by atoms with Gasteiger partial charge in [0.2, 0.25) is 17.8 Å². The van der Waals surface area contributed by atoms with Gasteiger partial charge in [-0.05, 0) is 44.4 Å². The van der Waals surface area contributed by atoms with Crippen molar-refractivity contribution in [3.05, 3.63) is 65.7 Å². The number of guanidine groups is 1. The number of nitrogens with two attached hydrogens (primary N) is 1. The summed E-state index contributed by atoms with van der Waals surface area (Å²) in [5, 5.41) is 16.8. The summed E-state index contributed by atoms with van der Waals surface area (Å²) < 4.78 is 36.9. The number of carbonyl (C=O) groups excluding carboxylic acids is 4. The molecule has 0 heterocycles. The van der Waals surface area contributed by atoms with E-state index >= 15 is 0 Å². The van der Waals surface area contributed by atoms with E-state index in [0.717, 1.165) is 18.2 Å². The molecule has 240 valence electrons. The third-order valence-electron chi connectivity index (χ3n) is 6.00. The topological polar surface area (TPSA) is 228 Å². The molecule has 0 aliphatic carbocycles. The second-order valence-electron chi connectivity index (χ2n) is 9.61. The van der Waals surface area contributed by atoms with Gasteiger partial charge in [-0.25, -0.2) is 22.7 Å². The van der Waals surface area contributed by atoms with Crippen molar-refractivity contribution in [2.24, 2.45) is 10.7 Å². The molecule has 15 nitrogen and oxygen atoms in total. The molecule has 0 saturated heterocycles. The van der Waals surface area contributed by atoms with Crippen LogP contribution in [0.2, 0.25) is 0 Å². The van der Waals surface area contributed by atoms with Crippen molar-refractivity contribution >= 4 is 39.9 Å². The summed E-state index contributed by atoms with van der Waals surface area (Å²) in [6.45, 7) is 2.45. The van der Waals surface area contributed by atoms with Crippen LogP contribution in [0.1, 0.15) is 30.9 Å². The number of amides is 3. The minimum atomic E-state index is -3.95. The average Bonchev–Trinajstić information content (AvgIpc) is 2.99. The van der Waals surface area contributed by atoms with Crippen LogP contribution < -0.4 is 26.4 Å². The third-order valence-corrected chi connectivity index (χ3v) is 7.37. The number of ether oxygens (including phenoxy) is 2. The van der Waals surface area contributed by atoms with E-state index in [4.69, 9.17) is 10.5 Å². The minimum Gasteiger partial charge on any atom is -0.467 e. The van der Waals surface area contributed by atoms with Gasteiger partial charge in [0.1, 0.15) is 12.6 Å². The number of rotatable bonds is 15. The summed E-state index contributed by atoms with van der Waals surface area (Å²) in [5.41, 5.74) is 7.35. The Bertz CT molecular complexity index is 1400. The van der Waals surface area contributed by atoms with E-state index in [-0.39, 0.29) is 36.8 Å². The Kier molecular flexibility index (Phi) is 14.1. The summed E-state index contributed by atoms with van der Waals surface area (Å²) in [6, 6.07) is 12.4. The highest BCUT2D eigenvalue weighted by molar-refractivity contribution is 7.90. The Morgan fingerprint density at radius 2 is 1.68 bits per heavy atom. The predicted octanol–water partition coefficient (Wildman–Crippen LogP) is -0.182. The quantitative estimate of drug-likeness (QED) is 0.0655. The maximum atomic E-state index is 12.9. The molecule has 0 aromatic heterocycles. The van der Waals surface area contributed by atoms with Crippen LogP contribution in [0, 0.1) is 6.92 Å². The monoisotopic (exact) mass is 634 g/mol. The Morgan fingerprint density at radius 3 is 2.30 bits per heavy atom. The number of aliphatic hydroxyl groups is 1. The number of sulfonamides is 1. The first-order valence-corrected chi connectivity index (χ1v) is 15.0. The first kappa shape index (κ1) is 35.5. The minimum absolute atomic E-state index is 0.00610. The molecule has 0 unspecified atom stereocenters. The van der Waals surface area contributed by atoms with Gasteiger partial charge >= 0.3 is 12.1 Å². The summed E-state index contributed by atoms with van der Waals surface area (Å²) in [7, 11) is -2.86. The van der Waals surface area contributed by atoms with Crippen molar-refractivity contribution < 1.29 is 42.2 Å². The van der Waals surface area contributed by atoms with E-state index in [0.29, 0.717) is 0 Å². The number of hydrogen-bond acceptors (Lipinski definition) is 10. The van der Waals surface area contributed by atoms with Gasteiger partial charge < -0.3 is 36.3 Å². The molecule has 0 radical (unpaired) electrons. The lowest BCUT2D eigenvalue weighted by Crippen LogP contribution is -2.53. The Morgan fingerprint density at radius 1 is 1.02 bits per heavy atom. The highest BCUT2D eigenvalue weighted by atomic mass is 32.2. The van der Waals surface area contributed by atoms with Gasteiger partial charge in [0.25, 0.3) is 10.0 Å². The summed E-state index contributed by atoms with van der Waals surface area (Å²) in [4.78, 5) is 53.4. The fourth-order valence-electron chi connectivity index (χ4n) is 3.64. The number of nitrogens with one attached hydrogen (secondary N) is 4. The van der Waals surface area contributed by atoms with Gasteiger partial charge in [-0.15, -0.1) is 0 Å². The van der Waals surface area contributed by atoms with Gasteiger partial charge in [-0.1, -0.05) is 48.0 Å². The second kappa shape index (κ2) is 17.4. The second-order valence-corrected chi connectivity index (χ2v) is 11.3. The standard InChI is InChI=1S/C28H38N6O9S/c1-18-11-13-21(14-12-18)44(40,41)34-27(29)30-15-7-10-22(32-28(39)43-17-20-8-5-4-6-9-20)25(37)31-16-23(36)33-24(19(2)35)26(38)42-3/h4-6,8-9,11-14,19,22,24,35H,7,10,15-17H2,1-3H3,(H,31,37)(H,32,39)(H,33,36)(H3,29,30,34)/t19-,22+,24+/m0/s1. The zero-order chi connectivity index (χ0) is 32.7. The molecule has 44 heavy (non-hydrogen) atoms. The van der Waals surface area contributed by atoms with Crippen LogP contribution >= 0.6 is 0 Å². The number of aliphatic imine (C=N–C) groups is 1. The maximum Gasteiger partial charge on any atom is 0.408 e. The zero-order valence-electron chi connectivity index (χ0n) is 24.6. The van der Waals surface area contributed by atoms with Crippen LogP contribution in [0.15, 0.2) is 64.5 Å². The van der Waals surface area contributed by atoms with E-state index in [1.54, 1.807) is 42.5 Å². The molecule has 0 saturated carbocycles. The van der Waals surface area contributed by atoms with Crippen LogP contribution in [-0.4, -0.2) is 81.7 Å². The molecular formula is C28H38N6O9S. The van der Waals surface area contributed by atoms with E-state index in [2.05, 4.69) is 30.4 Å². The molecule has 0 bridgehead atoms. The zero-order valence-corrected chi connectivity index (χ0v) is 25.4. The van der Waals surface area contributed by atoms with Crippen molar-refractivity contribution in [1.82, 2.24) is 20.7 Å². The van der Waals surface area contributed by atoms with Gasteiger partial charge in [0, 0.05) is 6.54 Å². The predicted molar refractivity (Wildman–Crippen MR) is 159 cm³/mol. The number of aliphatic hydroxyl groups excluding tert-OH is 1. The van der Waals surface area contributed by atoms with Gasteiger partial charge in [0.05, 0.1) is 24.7 Å². The van der Waals surface area contributed by atoms with E-state index < -0.39 is 58.6 Å². The normalized spacial score (nSPS) is 13.5. The molecule has 0 aliphatic rings. The van der Waals surface area contributed by atoms with Crippen LogP contribution in [0.25, 0.3) is 0 Å². The van der Waals surface area contributed by atoms with Crippen LogP contribution in [0.4, 0.5) is 4.79 Å². The highest BCUT2D eigenvalue weighted by Crippen LogP contribution is 2.09. The Labute approximate surface area is 255 Å². The lowest BCUT2D eigenvalue weighted by molar-refractivity contribution is -0.148. The molecule has 3 amide bonds. The number of benzene rings is 2. The van der Waals surface area contributed by atoms with Crippen molar-refractivity contribution in [2.75, 3.05) is 20.2 Å². The molecule has 2 aromatic carbocycles. The SMILES string of the molecule is COC(=O)[C@H](NC(=O)CNC(=O)[C@@H](CCCN=C(N)NS(=O)(=O)c1ccc(C)cc1)NC(=O)OCc1ccccc1)[C@H](C)O. The number of methoxy groups -OCH3 is 1. The number of carbonyl (C=O) groups is 4. The van der Waals surface area contributed by atoms with E-state index in [1.165, 1.54) is 19.1 Å². The summed E-state index contributed by atoms with van der Waals surface area (Å²) >= 11 is 0. The molecular weight excluding hydrogens is 596 g/mol. The Hall–Kier alpha value is -4.70. The number of esters is 1. The number of nitrogens with zero attached hydrogens (tertiary/aromatic N) is 1. The summed E-state index contributed by atoms with van der Waals surface area (Å²) in [5.74, 6) is -2.78. The van der Waals surface area contributed by atoms with Crippen LogP contribution in [0.3, 0.4) is 0 Å². The van der Waals surface area contributed by atoms with Gasteiger partial charge in [-0.2, -0.15) is 0 Å². The smallest absolute Gasteiger partial charge is 0.408 e. The summed E-state index contributed by atoms with van der Waals surface area (Å²) in [6.07, 6.45) is -1.98. The van der Waals surface area contributed by atoms with E-state index in [1.807, 2.05) is 6.92 Å². The number of hydrogen-bond donors (Lipinski definition) is 6. The molecule has 2 aromatic rings. The van der Waals surface area contributed by atoms with Crippen molar-refractivity contribution in [2.45, 2.75) is 56.4 Å². The van der Waals surface area contributed by atoms with Crippen LogP contribution in [0.5, 0.6) is 0 Å². The fraction of sp³-hybridized carbons (Fsp3) is 0.393. The molecule has 2 rings (SSSR count). The third kappa shape index (κ3) is 12.3. The highest BCUT2D eigenvalue weighted by Gasteiger charge is 2.27. The fourth-order valence-corrected chi connectivity index (χ4v) is 4.59. The van der Waals surface area contributed by atoms with Gasteiger partial charge in [-0.3, -0.25) is 14.6 Å². The number of aryl methyl sites for hydroxylation is 1. The van der Waals surface area contributed by atoms with Crippen molar-refractivity contribution in [1.29, 1.82) is 0 Å². The lowest BCUT2D eigenvalue weighted by atomic mass is 10.1. The molecule has 0 fully saturated rings. The van der Waals surface area contributed by atoms with E-state index in [9.17, 15) is 32.7 Å². The first-order chi connectivity index (χ1) is 20.8. The molecule has 0 aliphatic heterocycles. The first-order valence-electron chi connectivity index (χ1n) is 13.5. The molecule has 0 spiro atoms. The lowest BCUT2D eigenvalue weighted by Gasteiger charge is -2.20. The molecule has 3 atom stereocenters. The van der Waals surface area contributed by atoms with Crippen molar-refractivity contribution in [3.63, 3.8) is 0 Å². The number of alkyl carbamates (subject to hydrolysis) is 1. The van der Waals surface area contributed by atoms with Crippen LogP contribution in [-0.2, 0) is 40.5 Å². The maximum absolute atomic E-state index is 12.9.